The van der Waals surface area contributed by atoms with Crippen LogP contribution in [-0.4, -0.2) is 68.3 Å². The molecule has 0 spiro atoms. The molecule has 2 saturated heterocycles. The Labute approximate surface area is 250 Å². The van der Waals surface area contributed by atoms with Gasteiger partial charge in [-0.15, -0.1) is 0 Å². The quantitative estimate of drug-likeness (QED) is 0.336. The second kappa shape index (κ2) is 12.6. The van der Waals surface area contributed by atoms with E-state index in [4.69, 9.17) is 14.5 Å². The minimum absolute atomic E-state index is 0.0181. The van der Waals surface area contributed by atoms with E-state index in [1.54, 1.807) is 44.4 Å². The fourth-order valence-electron chi connectivity index (χ4n) is 6.06. The zero-order valence-electron chi connectivity index (χ0n) is 25.0. The van der Waals surface area contributed by atoms with Crippen LogP contribution in [0.15, 0.2) is 53.5 Å². The van der Waals surface area contributed by atoms with Crippen LogP contribution in [0.4, 0.5) is 14.6 Å². The number of rotatable bonds is 7. The topological polar surface area (TPSA) is 84.3 Å². The fourth-order valence-corrected chi connectivity index (χ4v) is 6.06. The van der Waals surface area contributed by atoms with Gasteiger partial charge in [-0.1, -0.05) is 17.7 Å². The smallest absolute Gasteiger partial charge is 0.276 e. The van der Waals surface area contributed by atoms with Crippen molar-refractivity contribution in [3.8, 4) is 11.5 Å². The molecule has 1 aromatic heterocycles. The van der Waals surface area contributed by atoms with E-state index in [-0.39, 0.29) is 17.2 Å². The van der Waals surface area contributed by atoms with Gasteiger partial charge in [0.25, 0.3) is 5.91 Å². The molecule has 0 aliphatic carbocycles. The zero-order valence-corrected chi connectivity index (χ0v) is 25.0. The predicted molar refractivity (Wildman–Crippen MR) is 160 cm³/mol. The molecular weight excluding hydrogens is 554 g/mol. The van der Waals surface area contributed by atoms with E-state index in [0.29, 0.717) is 17.1 Å². The summed E-state index contributed by atoms with van der Waals surface area (Å²) in [6, 6.07) is 11.8. The molecule has 3 aromatic rings. The number of methoxy groups -OCH3 is 2. The van der Waals surface area contributed by atoms with Gasteiger partial charge in [-0.05, 0) is 59.0 Å². The van der Waals surface area contributed by atoms with Crippen LogP contribution in [0.3, 0.4) is 0 Å². The first-order valence-corrected chi connectivity index (χ1v) is 14.4. The normalized spacial score (nSPS) is 21.5. The number of hydrogen-bond donors (Lipinski definition) is 0. The van der Waals surface area contributed by atoms with Gasteiger partial charge in [-0.25, -0.2) is 18.8 Å². The van der Waals surface area contributed by atoms with Crippen molar-refractivity contribution in [3.63, 3.8) is 0 Å². The monoisotopic (exact) mass is 590 g/mol. The highest BCUT2D eigenvalue weighted by atomic mass is 19.1. The van der Waals surface area contributed by atoms with Gasteiger partial charge >= 0.3 is 0 Å². The summed E-state index contributed by atoms with van der Waals surface area (Å²) in [7, 11) is 4.94. The number of halogens is 2. The number of aromatic nitrogens is 1. The molecule has 0 N–H and O–H groups in total. The van der Waals surface area contributed by atoms with Crippen LogP contribution in [-0.2, 0) is 4.79 Å². The Morgan fingerprint density at radius 1 is 1.00 bits per heavy atom. The number of carbonyl (C=O) groups is 2. The number of ether oxygens (including phenoxy) is 2. The molecule has 3 atom stereocenters. The minimum atomic E-state index is -1.14. The summed E-state index contributed by atoms with van der Waals surface area (Å²) in [5.41, 5.74) is 1.84. The van der Waals surface area contributed by atoms with Gasteiger partial charge in [0, 0.05) is 65.2 Å². The first-order chi connectivity index (χ1) is 20.6. The maximum absolute atomic E-state index is 15.5. The highest BCUT2D eigenvalue weighted by Gasteiger charge is 2.49. The number of hydrogen-bond acceptors (Lipinski definition) is 6. The molecule has 2 aromatic carbocycles. The van der Waals surface area contributed by atoms with Crippen molar-refractivity contribution in [1.29, 1.82) is 0 Å². The number of aliphatic imine (C=N–C) groups is 1. The Morgan fingerprint density at radius 2 is 1.60 bits per heavy atom. The third-order valence-corrected chi connectivity index (χ3v) is 8.53. The first-order valence-electron chi connectivity index (χ1n) is 14.4. The molecule has 1 unspecified atom stereocenters. The van der Waals surface area contributed by atoms with Crippen molar-refractivity contribution >= 4 is 23.8 Å². The first kappa shape index (κ1) is 30.3. The molecule has 0 saturated carbocycles. The maximum Gasteiger partial charge on any atom is 0.276 e. The summed E-state index contributed by atoms with van der Waals surface area (Å²) in [5.74, 6) is -3.82. The molecule has 2 aliphatic heterocycles. The molecular formula is C33H36F2N4O4. The van der Waals surface area contributed by atoms with Crippen LogP contribution in [0, 0.1) is 24.5 Å². The number of likely N-dealkylation sites (tertiary alicyclic amines) is 1. The van der Waals surface area contributed by atoms with Crippen molar-refractivity contribution in [2.24, 2.45) is 10.9 Å². The van der Waals surface area contributed by atoms with Crippen molar-refractivity contribution in [3.05, 3.63) is 82.5 Å². The average molecular weight is 591 g/mol. The van der Waals surface area contributed by atoms with Gasteiger partial charge in [-0.2, -0.15) is 0 Å². The molecule has 0 bridgehead atoms. The van der Waals surface area contributed by atoms with Crippen molar-refractivity contribution in [2.75, 3.05) is 39.3 Å². The molecule has 3 heterocycles. The lowest BCUT2D eigenvalue weighted by atomic mass is 9.84. The second-order valence-corrected chi connectivity index (χ2v) is 11.3. The number of pyridine rings is 1. The summed E-state index contributed by atoms with van der Waals surface area (Å²) >= 11 is 0. The molecule has 5 rings (SSSR count). The highest BCUT2D eigenvalue weighted by molar-refractivity contribution is 6.10. The Bertz CT molecular complexity index is 1510. The van der Waals surface area contributed by atoms with Gasteiger partial charge in [0.05, 0.1) is 20.1 Å². The standard InChI is InChI=1S/C33H36F2N4O4/c1-19-6-8-22(9-7-19)32(40)36-18-25-30(31-26(34)14-23(42-4)15-27(31)35)20(2)39(33(25)41)29-17-24(43-5)16-28(37-29)21-10-12-38(3)13-11-21/h6-9,14-18,20-21,25,30H,10-13H2,1-5H3/t20-,25?,30-/m1/s1. The van der Waals surface area contributed by atoms with Gasteiger partial charge < -0.3 is 14.4 Å². The van der Waals surface area contributed by atoms with Crippen LogP contribution < -0.4 is 14.4 Å². The number of nitrogens with zero attached hydrogens (tertiary/aromatic N) is 4. The zero-order chi connectivity index (χ0) is 30.8. The van der Waals surface area contributed by atoms with Crippen molar-refractivity contribution < 1.29 is 27.8 Å². The number of aryl methyl sites for hydroxylation is 1. The lowest BCUT2D eigenvalue weighted by molar-refractivity contribution is -0.118. The largest absolute Gasteiger partial charge is 0.497 e. The summed E-state index contributed by atoms with van der Waals surface area (Å²) < 4.78 is 41.6. The molecule has 2 aliphatic rings. The predicted octanol–water partition coefficient (Wildman–Crippen LogP) is 5.54. The van der Waals surface area contributed by atoms with E-state index in [2.05, 4.69) is 16.9 Å². The molecule has 2 fully saturated rings. The number of piperidine rings is 1. The van der Waals surface area contributed by atoms with E-state index in [1.807, 2.05) is 13.0 Å². The number of benzene rings is 2. The summed E-state index contributed by atoms with van der Waals surface area (Å²) in [6.45, 7) is 5.46. The van der Waals surface area contributed by atoms with Crippen LogP contribution >= 0.6 is 0 Å². The summed E-state index contributed by atoms with van der Waals surface area (Å²) in [4.78, 5) is 39.7. The van der Waals surface area contributed by atoms with E-state index < -0.39 is 41.3 Å². The van der Waals surface area contributed by atoms with Gasteiger partial charge in [0.15, 0.2) is 0 Å². The average Bonchev–Trinajstić information content (AvgIpc) is 3.24. The Kier molecular flexibility index (Phi) is 8.87. The van der Waals surface area contributed by atoms with Crippen molar-refractivity contribution in [2.45, 2.75) is 44.6 Å². The Balaban J connectivity index is 1.57. The van der Waals surface area contributed by atoms with E-state index in [9.17, 15) is 9.59 Å². The van der Waals surface area contributed by atoms with Crippen LogP contribution in [0.2, 0.25) is 0 Å². The summed E-state index contributed by atoms with van der Waals surface area (Å²) in [6.07, 6.45) is 3.02. The van der Waals surface area contributed by atoms with Crippen LogP contribution in [0.1, 0.15) is 58.8 Å². The van der Waals surface area contributed by atoms with E-state index in [1.165, 1.54) is 18.2 Å². The molecule has 10 heteroatoms. The number of carbonyl (C=O) groups excluding carboxylic acids is 2. The maximum atomic E-state index is 15.5. The second-order valence-electron chi connectivity index (χ2n) is 11.3. The highest BCUT2D eigenvalue weighted by Crippen LogP contribution is 2.44. The molecule has 0 radical (unpaired) electrons. The molecule has 2 amide bonds. The molecule has 226 valence electrons. The van der Waals surface area contributed by atoms with Crippen molar-refractivity contribution in [1.82, 2.24) is 9.88 Å². The lowest BCUT2D eigenvalue weighted by Gasteiger charge is -2.30. The van der Waals surface area contributed by atoms with E-state index in [0.717, 1.165) is 49.3 Å². The molecule has 43 heavy (non-hydrogen) atoms. The van der Waals surface area contributed by atoms with Gasteiger partial charge in [0.1, 0.15) is 29.0 Å². The Hall–Kier alpha value is -4.18. The van der Waals surface area contributed by atoms with Gasteiger partial charge in [-0.3, -0.25) is 14.5 Å². The molecule has 8 nitrogen and oxygen atoms in total. The third-order valence-electron chi connectivity index (χ3n) is 8.53. The SMILES string of the molecule is COc1cc(C2CCN(C)CC2)nc(N2C(=O)C(C=NC(=O)c3ccc(C)cc3)[C@H](c3c(F)cc(OC)cc3F)[C@H]2C)c1. The van der Waals surface area contributed by atoms with Crippen LogP contribution in [0.25, 0.3) is 0 Å². The lowest BCUT2D eigenvalue weighted by Crippen LogP contribution is -2.34. The van der Waals surface area contributed by atoms with E-state index >= 15 is 8.78 Å². The number of anilines is 1. The third kappa shape index (κ3) is 6.15. The fraction of sp³-hybridized carbons (Fsp3) is 0.394. The Morgan fingerprint density at radius 3 is 2.21 bits per heavy atom. The van der Waals surface area contributed by atoms with Gasteiger partial charge in [0.2, 0.25) is 5.91 Å². The number of amides is 2. The van der Waals surface area contributed by atoms with Crippen LogP contribution in [0.5, 0.6) is 11.5 Å². The summed E-state index contributed by atoms with van der Waals surface area (Å²) in [5, 5.41) is 0. The minimum Gasteiger partial charge on any atom is -0.497 e.